The summed E-state index contributed by atoms with van der Waals surface area (Å²) in [5.41, 5.74) is 5.86. The zero-order chi connectivity index (χ0) is 33.9. The van der Waals surface area contributed by atoms with Crippen molar-refractivity contribution in [3.8, 4) is 0 Å². The number of esters is 4. The van der Waals surface area contributed by atoms with E-state index in [0.29, 0.717) is 13.0 Å². The van der Waals surface area contributed by atoms with Gasteiger partial charge in [-0.1, -0.05) is 20.8 Å². The summed E-state index contributed by atoms with van der Waals surface area (Å²) >= 11 is 0. The Labute approximate surface area is 267 Å². The van der Waals surface area contributed by atoms with E-state index in [1.807, 2.05) is 27.7 Å². The lowest BCUT2D eigenvalue weighted by Gasteiger charge is -2.48. The van der Waals surface area contributed by atoms with Gasteiger partial charge in [-0.2, -0.15) is 0 Å². The standard InChI is InChI=1S/C32H55NO12/c1-18-15-32(9,45-27(20(18)3)14-26(41-23(6)35)16-39-22(5)34)40-17-28-30(43-25(8)37)29(42-24(7)36)21(4)31(44-28)38-13-11-10-12-19(2)33/h18-21,26-31H,10-17,33H2,1-9H3. The molecule has 13 heteroatoms. The van der Waals surface area contributed by atoms with E-state index in [2.05, 4.69) is 6.92 Å². The summed E-state index contributed by atoms with van der Waals surface area (Å²) in [5, 5.41) is 0. The van der Waals surface area contributed by atoms with E-state index < -0.39 is 72.4 Å². The van der Waals surface area contributed by atoms with Crippen molar-refractivity contribution in [2.24, 2.45) is 23.5 Å². The molecule has 0 saturated carbocycles. The first-order valence-corrected chi connectivity index (χ1v) is 16.0. The smallest absolute Gasteiger partial charge is 0.303 e. The molecule has 2 fully saturated rings. The molecule has 13 nitrogen and oxygen atoms in total. The van der Waals surface area contributed by atoms with E-state index in [-0.39, 0.29) is 37.5 Å². The Morgan fingerprint density at radius 1 is 0.889 bits per heavy atom. The molecule has 0 aliphatic carbocycles. The fourth-order valence-corrected chi connectivity index (χ4v) is 5.91. The molecule has 0 bridgehead atoms. The molecule has 2 heterocycles. The number of carbonyl (C=O) groups excluding carboxylic acids is 4. The van der Waals surface area contributed by atoms with Gasteiger partial charge >= 0.3 is 23.9 Å². The van der Waals surface area contributed by atoms with Gasteiger partial charge in [0.05, 0.1) is 12.7 Å². The molecule has 2 saturated heterocycles. The van der Waals surface area contributed by atoms with Crippen LogP contribution in [-0.2, 0) is 57.1 Å². The number of rotatable bonds is 16. The third kappa shape index (κ3) is 13.1. The molecule has 0 aromatic rings. The normalized spacial score (nSPS) is 33.0. The summed E-state index contributed by atoms with van der Waals surface area (Å²) < 4.78 is 47.2. The fraction of sp³-hybridized carbons (Fsp3) is 0.875. The van der Waals surface area contributed by atoms with Crippen LogP contribution in [0.4, 0.5) is 0 Å². The highest BCUT2D eigenvalue weighted by molar-refractivity contribution is 5.68. The van der Waals surface area contributed by atoms with Crippen molar-refractivity contribution in [3.63, 3.8) is 0 Å². The zero-order valence-corrected chi connectivity index (χ0v) is 28.4. The van der Waals surface area contributed by atoms with E-state index in [0.717, 1.165) is 19.3 Å². The molecule has 0 spiro atoms. The van der Waals surface area contributed by atoms with Gasteiger partial charge in [0.2, 0.25) is 0 Å². The topological polar surface area (TPSA) is 168 Å². The average Bonchev–Trinajstić information content (AvgIpc) is 2.91. The molecule has 45 heavy (non-hydrogen) atoms. The van der Waals surface area contributed by atoms with Gasteiger partial charge < -0.3 is 43.6 Å². The zero-order valence-electron chi connectivity index (χ0n) is 28.4. The second-order valence-corrected chi connectivity index (χ2v) is 12.8. The molecule has 2 aliphatic rings. The number of carbonyl (C=O) groups is 4. The molecule has 0 radical (unpaired) electrons. The van der Waals surface area contributed by atoms with Crippen molar-refractivity contribution < 1.29 is 57.1 Å². The van der Waals surface area contributed by atoms with Crippen molar-refractivity contribution in [2.75, 3.05) is 19.8 Å². The van der Waals surface area contributed by atoms with Gasteiger partial charge in [-0.25, -0.2) is 0 Å². The number of unbranched alkanes of at least 4 members (excludes halogenated alkanes) is 1. The van der Waals surface area contributed by atoms with Gasteiger partial charge in [0, 0.05) is 59.1 Å². The second kappa shape index (κ2) is 18.1. The lowest BCUT2D eigenvalue weighted by atomic mass is 9.80. The fourth-order valence-electron chi connectivity index (χ4n) is 5.91. The van der Waals surface area contributed by atoms with E-state index in [1.165, 1.54) is 27.7 Å². The van der Waals surface area contributed by atoms with Crippen molar-refractivity contribution in [1.29, 1.82) is 0 Å². The van der Waals surface area contributed by atoms with Gasteiger partial charge in [-0.3, -0.25) is 19.2 Å². The summed E-state index contributed by atoms with van der Waals surface area (Å²) in [5.74, 6) is -3.34. The van der Waals surface area contributed by atoms with Crippen LogP contribution in [0.2, 0.25) is 0 Å². The van der Waals surface area contributed by atoms with Gasteiger partial charge in [0.1, 0.15) is 24.9 Å². The minimum Gasteiger partial charge on any atom is -0.462 e. The van der Waals surface area contributed by atoms with Crippen LogP contribution in [0.15, 0.2) is 0 Å². The molecule has 2 N–H and O–H groups in total. The first kappa shape index (κ1) is 38.9. The summed E-state index contributed by atoms with van der Waals surface area (Å²) in [4.78, 5) is 47.4. The van der Waals surface area contributed by atoms with E-state index in [1.54, 1.807) is 0 Å². The van der Waals surface area contributed by atoms with Crippen molar-refractivity contribution >= 4 is 23.9 Å². The van der Waals surface area contributed by atoms with Crippen LogP contribution >= 0.6 is 0 Å². The first-order valence-electron chi connectivity index (χ1n) is 16.0. The van der Waals surface area contributed by atoms with Crippen LogP contribution in [0.3, 0.4) is 0 Å². The maximum atomic E-state index is 12.1. The van der Waals surface area contributed by atoms with E-state index in [9.17, 15) is 19.2 Å². The monoisotopic (exact) mass is 645 g/mol. The highest BCUT2D eigenvalue weighted by Gasteiger charge is 2.50. The summed E-state index contributed by atoms with van der Waals surface area (Å²) in [6.07, 6.45) is -1.09. The molecule has 0 amide bonds. The maximum absolute atomic E-state index is 12.1. The second-order valence-electron chi connectivity index (χ2n) is 12.8. The molecule has 2 aliphatic heterocycles. The molecular weight excluding hydrogens is 590 g/mol. The Kier molecular flexibility index (Phi) is 15.7. The Bertz CT molecular complexity index is 976. The Morgan fingerprint density at radius 2 is 1.53 bits per heavy atom. The Balaban J connectivity index is 2.22. The highest BCUT2D eigenvalue weighted by Crippen LogP contribution is 2.40. The van der Waals surface area contributed by atoms with Gasteiger partial charge in [-0.15, -0.1) is 0 Å². The van der Waals surface area contributed by atoms with Crippen LogP contribution in [0.1, 0.15) is 94.4 Å². The lowest BCUT2D eigenvalue weighted by Crippen LogP contribution is -2.59. The highest BCUT2D eigenvalue weighted by atomic mass is 16.7. The van der Waals surface area contributed by atoms with Gasteiger partial charge in [-0.05, 0) is 44.9 Å². The molecule has 0 aromatic carbocycles. The van der Waals surface area contributed by atoms with Crippen LogP contribution in [-0.4, -0.2) is 92.3 Å². The molecule has 260 valence electrons. The molecule has 11 unspecified atom stereocenters. The SMILES string of the molecule is CC(=O)OCC(CC1OC(C)(OCC2OC(OCCCCC(C)N)C(C)C(OC(C)=O)C2OC(C)=O)CC(C)C1C)OC(C)=O. The third-order valence-corrected chi connectivity index (χ3v) is 8.32. The lowest BCUT2D eigenvalue weighted by molar-refractivity contribution is -0.328. The quantitative estimate of drug-likeness (QED) is 0.147. The molecule has 11 atom stereocenters. The van der Waals surface area contributed by atoms with E-state index in [4.69, 9.17) is 43.6 Å². The van der Waals surface area contributed by atoms with Gasteiger partial charge in [0.15, 0.2) is 18.2 Å². The summed E-state index contributed by atoms with van der Waals surface area (Å²) in [7, 11) is 0. The number of hydrogen-bond acceptors (Lipinski definition) is 13. The summed E-state index contributed by atoms with van der Waals surface area (Å²) in [6.45, 7) is 15.2. The maximum Gasteiger partial charge on any atom is 0.303 e. The van der Waals surface area contributed by atoms with Crippen LogP contribution in [0, 0.1) is 17.8 Å². The Hall–Kier alpha value is -2.32. The first-order chi connectivity index (χ1) is 21.0. The third-order valence-electron chi connectivity index (χ3n) is 8.32. The van der Waals surface area contributed by atoms with Crippen molar-refractivity contribution in [3.05, 3.63) is 0 Å². The Morgan fingerprint density at radius 3 is 2.11 bits per heavy atom. The van der Waals surface area contributed by atoms with Crippen LogP contribution < -0.4 is 5.73 Å². The van der Waals surface area contributed by atoms with Crippen LogP contribution in [0.25, 0.3) is 0 Å². The van der Waals surface area contributed by atoms with Crippen molar-refractivity contribution in [2.45, 2.75) is 143 Å². The minimum atomic E-state index is -1.09. The molecule has 0 aromatic heterocycles. The number of hydrogen-bond donors (Lipinski definition) is 1. The minimum absolute atomic E-state index is 0.0574. The summed E-state index contributed by atoms with van der Waals surface area (Å²) in [6, 6.07) is 0.101. The predicted octanol–water partition coefficient (Wildman–Crippen LogP) is 3.42. The predicted molar refractivity (Wildman–Crippen MR) is 161 cm³/mol. The largest absolute Gasteiger partial charge is 0.462 e. The molecule has 2 rings (SSSR count). The number of nitrogens with two attached hydrogens (primary N) is 1. The van der Waals surface area contributed by atoms with E-state index >= 15 is 0 Å². The van der Waals surface area contributed by atoms with Gasteiger partial charge in [0.25, 0.3) is 0 Å². The van der Waals surface area contributed by atoms with Crippen LogP contribution in [0.5, 0.6) is 0 Å². The number of ether oxygens (including phenoxy) is 8. The average molecular weight is 646 g/mol. The van der Waals surface area contributed by atoms with Crippen molar-refractivity contribution in [1.82, 2.24) is 0 Å². The molecular formula is C32H55NO12.